The van der Waals surface area contributed by atoms with Gasteiger partial charge in [-0.1, -0.05) is 112 Å². The van der Waals surface area contributed by atoms with Crippen molar-refractivity contribution in [2.75, 3.05) is 32.7 Å². The highest BCUT2D eigenvalue weighted by molar-refractivity contribution is 9.10. The number of nitrogens with zero attached hydrogens (tertiary/aromatic N) is 4. The van der Waals surface area contributed by atoms with Crippen LogP contribution in [0.2, 0.25) is 5.04 Å². The van der Waals surface area contributed by atoms with Gasteiger partial charge in [0.15, 0.2) is 5.82 Å². The molecule has 1 N–H and O–H groups in total. The van der Waals surface area contributed by atoms with Crippen LogP contribution < -0.4 is 25.2 Å². The summed E-state index contributed by atoms with van der Waals surface area (Å²) in [5.41, 5.74) is 2.71. The van der Waals surface area contributed by atoms with Gasteiger partial charge in [-0.3, -0.25) is 4.40 Å². The van der Waals surface area contributed by atoms with E-state index in [1.165, 1.54) is 10.4 Å². The van der Waals surface area contributed by atoms with Gasteiger partial charge in [-0.25, -0.2) is 14.8 Å². The fourth-order valence-corrected chi connectivity index (χ4v) is 13.2. The number of hydrogen-bond acceptors (Lipinski definition) is 8. The van der Waals surface area contributed by atoms with E-state index < -0.39 is 8.32 Å². The van der Waals surface area contributed by atoms with E-state index in [0.717, 1.165) is 40.4 Å². The van der Waals surface area contributed by atoms with Crippen LogP contribution in [0.5, 0.6) is 11.5 Å². The molecule has 12 heteroatoms. The predicted octanol–water partition coefficient (Wildman–Crippen LogP) is 8.58. The fourth-order valence-electron chi connectivity index (χ4n) is 8.03. The Morgan fingerprint density at radius 3 is 2.19 bits per heavy atom. The standard InChI is InChI=1S/C45H50BrN5O5Si/c1-45(2,3)57(37-17-11-7-12-18-37,38-19-13-8-14-20-38)56-31-35-23-21-34(29-51(35)44(52)55-30-32-15-9-6-10-16-32)43-49-41(46)40-42(47-25-26-50(40)43)48-28-33-22-24-36(53-4)27-39(33)54-5/h6-20,22,24-27,34-35H,21,23,28-31H2,1-5H3,(H,47,48). The van der Waals surface area contributed by atoms with Crippen molar-refractivity contribution in [3.05, 3.63) is 143 Å². The summed E-state index contributed by atoms with van der Waals surface area (Å²) >= 11 is 3.75. The average molecular weight is 849 g/mol. The van der Waals surface area contributed by atoms with E-state index in [0.29, 0.717) is 36.5 Å². The fraction of sp³-hybridized carbons (Fsp3) is 0.311. The molecule has 7 rings (SSSR count). The number of piperidine rings is 1. The van der Waals surface area contributed by atoms with Gasteiger partial charge in [-0.15, -0.1) is 0 Å². The lowest BCUT2D eigenvalue weighted by Crippen LogP contribution is -2.67. The van der Waals surface area contributed by atoms with E-state index in [-0.39, 0.29) is 29.7 Å². The SMILES string of the molecule is COc1ccc(CNc2nccn3c(C4CCC(CO[Si](c5ccccc5)(c5ccccc5)C(C)(C)C)N(C(=O)OCc5ccccc5)C4)nc(Br)c23)c(OC)c1. The zero-order valence-corrected chi connectivity index (χ0v) is 35.7. The van der Waals surface area contributed by atoms with Gasteiger partial charge in [0.2, 0.25) is 0 Å². The molecule has 1 aliphatic heterocycles. The Balaban J connectivity index is 1.18. The molecular formula is C45H50BrN5O5Si. The molecule has 4 aromatic carbocycles. The van der Waals surface area contributed by atoms with Crippen molar-refractivity contribution in [2.45, 2.75) is 63.8 Å². The van der Waals surface area contributed by atoms with Crippen LogP contribution in [0, 0.1) is 0 Å². The van der Waals surface area contributed by atoms with Crippen molar-refractivity contribution in [1.82, 2.24) is 19.3 Å². The summed E-state index contributed by atoms with van der Waals surface area (Å²) in [6, 6.07) is 36.6. The first kappa shape index (κ1) is 40.0. The zero-order chi connectivity index (χ0) is 40.0. The number of aromatic nitrogens is 3. The Morgan fingerprint density at radius 2 is 1.56 bits per heavy atom. The van der Waals surface area contributed by atoms with Crippen molar-refractivity contribution < 1.29 is 23.4 Å². The van der Waals surface area contributed by atoms with Crippen LogP contribution in [0.4, 0.5) is 10.6 Å². The maximum Gasteiger partial charge on any atom is 0.410 e. The first-order chi connectivity index (χ1) is 27.6. The van der Waals surface area contributed by atoms with E-state index in [1.54, 1.807) is 20.4 Å². The summed E-state index contributed by atoms with van der Waals surface area (Å²) in [5, 5.41) is 5.69. The number of nitrogens with one attached hydrogen (secondary N) is 1. The van der Waals surface area contributed by atoms with E-state index in [4.69, 9.17) is 28.6 Å². The maximum absolute atomic E-state index is 14.2. The Kier molecular flexibility index (Phi) is 12.3. The molecule has 0 radical (unpaired) electrons. The predicted molar refractivity (Wildman–Crippen MR) is 230 cm³/mol. The van der Waals surface area contributed by atoms with Crippen LogP contribution in [0.15, 0.2) is 126 Å². The van der Waals surface area contributed by atoms with Crippen LogP contribution >= 0.6 is 15.9 Å². The number of imidazole rings is 1. The van der Waals surface area contributed by atoms with Gasteiger partial charge in [-0.2, -0.15) is 0 Å². The van der Waals surface area contributed by atoms with Gasteiger partial charge >= 0.3 is 6.09 Å². The maximum atomic E-state index is 14.2. The molecule has 296 valence electrons. The van der Waals surface area contributed by atoms with Gasteiger partial charge in [-0.05, 0) is 61.9 Å². The first-order valence-electron chi connectivity index (χ1n) is 19.3. The van der Waals surface area contributed by atoms with Crippen LogP contribution in [0.3, 0.4) is 0 Å². The highest BCUT2D eigenvalue weighted by atomic mass is 79.9. The average Bonchev–Trinajstić information content (AvgIpc) is 3.59. The second-order valence-corrected chi connectivity index (χ2v) is 20.4. The van der Waals surface area contributed by atoms with Gasteiger partial charge in [0.1, 0.15) is 34.1 Å². The lowest BCUT2D eigenvalue weighted by atomic mass is 9.92. The number of anilines is 1. The number of rotatable bonds is 13. The Morgan fingerprint density at radius 1 is 0.895 bits per heavy atom. The number of carbonyl (C=O) groups excluding carboxylic acids is 1. The number of carbonyl (C=O) groups is 1. The molecule has 10 nitrogen and oxygen atoms in total. The number of halogens is 1. The van der Waals surface area contributed by atoms with E-state index in [9.17, 15) is 4.79 Å². The second kappa shape index (κ2) is 17.5. The lowest BCUT2D eigenvalue weighted by molar-refractivity contribution is 0.0464. The third kappa shape index (κ3) is 8.44. The molecule has 2 atom stereocenters. The second-order valence-electron chi connectivity index (χ2n) is 15.4. The van der Waals surface area contributed by atoms with Crippen molar-refractivity contribution in [3.8, 4) is 11.5 Å². The monoisotopic (exact) mass is 847 g/mol. The van der Waals surface area contributed by atoms with Crippen LogP contribution in [-0.2, 0) is 22.3 Å². The first-order valence-corrected chi connectivity index (χ1v) is 22.0. The molecule has 1 saturated heterocycles. The van der Waals surface area contributed by atoms with Crippen molar-refractivity contribution in [3.63, 3.8) is 0 Å². The zero-order valence-electron chi connectivity index (χ0n) is 33.2. The number of methoxy groups -OCH3 is 2. The summed E-state index contributed by atoms with van der Waals surface area (Å²) in [5.74, 6) is 2.89. The smallest absolute Gasteiger partial charge is 0.410 e. The third-order valence-corrected chi connectivity index (χ3v) is 16.5. The molecule has 2 unspecified atom stereocenters. The number of likely N-dealkylation sites (tertiary alicyclic amines) is 1. The lowest BCUT2D eigenvalue weighted by Gasteiger charge is -2.45. The summed E-state index contributed by atoms with van der Waals surface area (Å²) in [6.45, 7) is 8.27. The number of fused-ring (bicyclic) bond motifs is 1. The summed E-state index contributed by atoms with van der Waals surface area (Å²) in [7, 11) is 0.420. The van der Waals surface area contributed by atoms with Gasteiger partial charge in [0.05, 0.1) is 26.9 Å². The topological polar surface area (TPSA) is 99.5 Å². The Hall–Kier alpha value is -5.17. The highest BCUT2D eigenvalue weighted by Crippen LogP contribution is 2.39. The molecule has 0 saturated carbocycles. The summed E-state index contributed by atoms with van der Waals surface area (Å²) in [4.78, 5) is 25.9. The highest BCUT2D eigenvalue weighted by Gasteiger charge is 2.51. The van der Waals surface area contributed by atoms with Crippen LogP contribution in [-0.4, -0.2) is 67.1 Å². The van der Waals surface area contributed by atoms with Gasteiger partial charge in [0, 0.05) is 43.0 Å². The van der Waals surface area contributed by atoms with Gasteiger partial charge < -0.3 is 28.9 Å². The number of amides is 1. The minimum atomic E-state index is -2.86. The third-order valence-electron chi connectivity index (χ3n) is 10.9. The molecule has 1 fully saturated rings. The van der Waals surface area contributed by atoms with Gasteiger partial charge in [0.25, 0.3) is 8.32 Å². The normalized spacial score (nSPS) is 16.0. The summed E-state index contributed by atoms with van der Waals surface area (Å²) in [6.07, 6.45) is 4.85. The molecule has 57 heavy (non-hydrogen) atoms. The molecule has 0 aliphatic carbocycles. The molecule has 3 heterocycles. The van der Waals surface area contributed by atoms with Crippen molar-refractivity contribution in [2.24, 2.45) is 0 Å². The van der Waals surface area contributed by atoms with E-state index in [1.807, 2.05) is 71.8 Å². The number of benzene rings is 4. The van der Waals surface area contributed by atoms with Crippen LogP contribution in [0.25, 0.3) is 5.52 Å². The van der Waals surface area contributed by atoms with Crippen molar-refractivity contribution in [1.29, 1.82) is 0 Å². The molecule has 1 amide bonds. The molecule has 0 spiro atoms. The molecule has 0 bridgehead atoms. The minimum absolute atomic E-state index is 0.0749. The van der Waals surface area contributed by atoms with E-state index >= 15 is 0 Å². The van der Waals surface area contributed by atoms with Crippen LogP contribution in [0.1, 0.15) is 56.5 Å². The quantitative estimate of drug-likeness (QED) is 0.116. The molecule has 1 aliphatic rings. The molecule has 6 aromatic rings. The summed E-state index contributed by atoms with van der Waals surface area (Å²) < 4.78 is 27.2. The van der Waals surface area contributed by atoms with E-state index in [2.05, 4.69) is 94.9 Å². The Labute approximate surface area is 344 Å². The Bertz CT molecular complexity index is 2230. The number of hydrogen-bond donors (Lipinski definition) is 1. The largest absolute Gasteiger partial charge is 0.497 e. The van der Waals surface area contributed by atoms with Crippen molar-refractivity contribution >= 4 is 52.0 Å². The molecular weight excluding hydrogens is 799 g/mol. The minimum Gasteiger partial charge on any atom is -0.497 e. The number of ether oxygens (including phenoxy) is 3. The molecule has 2 aromatic heterocycles.